The molecule has 3 nitrogen and oxygen atoms in total. The number of pyridine rings is 1. The minimum Gasteiger partial charge on any atom is -0.459 e. The van der Waals surface area contributed by atoms with Crippen molar-refractivity contribution in [1.82, 2.24) is 0 Å². The maximum absolute atomic E-state index is 15.4. The second-order valence-electron chi connectivity index (χ2n) is 13.5. The summed E-state index contributed by atoms with van der Waals surface area (Å²) in [5, 5.41) is 0. The van der Waals surface area contributed by atoms with Gasteiger partial charge in [0.25, 0.3) is 0 Å². The average molecular weight is 935 g/mol. The number of rotatable bonds is 8. The molecule has 1 aromatic heterocycles. The van der Waals surface area contributed by atoms with Crippen LogP contribution in [0.15, 0.2) is 54.9 Å². The summed E-state index contributed by atoms with van der Waals surface area (Å²) in [6.07, 6.45) is -3.28. The van der Waals surface area contributed by atoms with Crippen LogP contribution in [0.4, 0.5) is 87.8 Å². The quantitative estimate of drug-likeness (QED) is 0.0384. The van der Waals surface area contributed by atoms with Crippen molar-refractivity contribution in [2.24, 2.45) is 0 Å². The van der Waals surface area contributed by atoms with Crippen LogP contribution in [-0.2, 0) is 11.3 Å². The number of nitrogens with zero attached hydrogens (tertiary/aromatic N) is 1. The molecular formula is C40H18BF20NO2. The number of ether oxygens (including phenoxy) is 1. The first-order valence-corrected chi connectivity index (χ1v) is 17.3. The predicted octanol–water partition coefficient (Wildman–Crippen LogP) is 8.43. The maximum atomic E-state index is 15.4. The number of carbonyl (C=O) groups excluding carboxylic acids is 1. The van der Waals surface area contributed by atoms with Gasteiger partial charge in [0.2, 0.25) is 0 Å². The van der Waals surface area contributed by atoms with Crippen LogP contribution in [0.5, 0.6) is 0 Å². The Kier molecular flexibility index (Phi) is 13.8. The smallest absolute Gasteiger partial charge is 0.338 e. The monoisotopic (exact) mass is 935 g/mol. The van der Waals surface area contributed by atoms with Crippen molar-refractivity contribution in [2.75, 3.05) is 0 Å². The van der Waals surface area contributed by atoms with E-state index in [2.05, 4.69) is 4.57 Å². The molecule has 0 aliphatic rings. The summed E-state index contributed by atoms with van der Waals surface area (Å²) in [5.74, 6) is -71.7. The molecule has 0 amide bonds. The highest BCUT2D eigenvalue weighted by Gasteiger charge is 2.52. The fraction of sp³-hybridized carbons (Fsp3) is 0.100. The Hall–Kier alpha value is -6.62. The first-order chi connectivity index (χ1) is 29.8. The number of benzene rings is 5. The van der Waals surface area contributed by atoms with Gasteiger partial charge in [0.1, 0.15) is 52.7 Å². The van der Waals surface area contributed by atoms with E-state index >= 15 is 35.1 Å². The molecule has 0 aliphatic carbocycles. The van der Waals surface area contributed by atoms with E-state index in [1.807, 2.05) is 68.7 Å². The van der Waals surface area contributed by atoms with Gasteiger partial charge in [0, 0.05) is 17.7 Å². The van der Waals surface area contributed by atoms with E-state index in [9.17, 15) is 57.5 Å². The zero-order valence-electron chi connectivity index (χ0n) is 31.4. The first kappa shape index (κ1) is 48.4. The topological polar surface area (TPSA) is 30.2 Å². The van der Waals surface area contributed by atoms with E-state index < -0.39 is 144 Å². The van der Waals surface area contributed by atoms with E-state index in [1.54, 1.807) is 0 Å². The van der Waals surface area contributed by atoms with Gasteiger partial charge in [-0.05, 0) is 26.0 Å². The standard InChI is InChI=1S/C24BF20.C16H18NO2/c26-5-1(6(27)14(35)21(42)13(5)34)25(2-7(28)15(36)22(43)16(37)8(2)29,3-9(30)17(38)23(44)18(39)10(3)31)4-11(32)19(40)24(45)20(41)12(4)33;1-13(2)19-16(18)15-8-6-14(7-9-15)12-17-10-4-3-5-11-17/h;3-11,13H,12H2,1-2H3/q-1;+1. The minimum absolute atomic E-state index is 0.0907. The molecule has 0 saturated heterocycles. The fourth-order valence-electron chi connectivity index (χ4n) is 6.65. The highest BCUT2D eigenvalue weighted by Crippen LogP contribution is 2.30. The van der Waals surface area contributed by atoms with E-state index in [4.69, 9.17) is 4.74 Å². The lowest BCUT2D eigenvalue weighted by atomic mass is 9.12. The highest BCUT2D eigenvalue weighted by molar-refractivity contribution is 7.20. The summed E-state index contributed by atoms with van der Waals surface area (Å²) in [5.41, 5.74) is -12.6. The number of aromatic nitrogens is 1. The van der Waals surface area contributed by atoms with Crippen molar-refractivity contribution in [1.29, 1.82) is 0 Å². The van der Waals surface area contributed by atoms with E-state index in [1.165, 1.54) is 0 Å². The third-order valence-corrected chi connectivity index (χ3v) is 9.38. The Balaban J connectivity index is 0.000000337. The molecule has 6 aromatic rings. The molecule has 64 heavy (non-hydrogen) atoms. The highest BCUT2D eigenvalue weighted by atomic mass is 19.2. The molecule has 338 valence electrons. The molecule has 0 unspecified atom stereocenters. The molecule has 0 atom stereocenters. The number of esters is 1. The normalized spacial score (nSPS) is 11.5. The van der Waals surface area contributed by atoms with Gasteiger partial charge in [-0.15, -0.1) is 21.9 Å². The van der Waals surface area contributed by atoms with Crippen LogP contribution in [0.3, 0.4) is 0 Å². The van der Waals surface area contributed by atoms with Gasteiger partial charge in [0.05, 0.1) is 11.7 Å². The molecule has 5 aromatic carbocycles. The van der Waals surface area contributed by atoms with Crippen molar-refractivity contribution in [3.05, 3.63) is 182 Å². The Morgan fingerprint density at radius 2 is 0.672 bits per heavy atom. The molecule has 24 heteroatoms. The van der Waals surface area contributed by atoms with Crippen molar-refractivity contribution >= 4 is 34.0 Å². The number of halogens is 20. The molecule has 0 fully saturated rings. The fourth-order valence-corrected chi connectivity index (χ4v) is 6.65. The Labute approximate surface area is 344 Å². The van der Waals surface area contributed by atoms with Crippen LogP contribution < -0.4 is 26.4 Å². The van der Waals surface area contributed by atoms with Gasteiger partial charge in [-0.25, -0.2) is 97.2 Å². The van der Waals surface area contributed by atoms with E-state index in [0.717, 1.165) is 12.1 Å². The third kappa shape index (κ3) is 7.97. The van der Waals surface area contributed by atoms with Crippen LogP contribution in [0.1, 0.15) is 29.8 Å². The number of hydrogen-bond donors (Lipinski definition) is 0. The van der Waals surface area contributed by atoms with E-state index in [-0.39, 0.29) is 12.1 Å². The largest absolute Gasteiger partial charge is 0.459 e. The van der Waals surface area contributed by atoms with Crippen LogP contribution >= 0.6 is 0 Å². The van der Waals surface area contributed by atoms with Crippen molar-refractivity contribution < 1.29 is 102 Å². The van der Waals surface area contributed by atoms with Crippen LogP contribution in [0.2, 0.25) is 0 Å². The van der Waals surface area contributed by atoms with Crippen molar-refractivity contribution in [3.8, 4) is 0 Å². The lowest BCUT2D eigenvalue weighted by Crippen LogP contribution is -2.81. The van der Waals surface area contributed by atoms with Gasteiger partial charge in [-0.3, -0.25) is 0 Å². The molecule has 6 rings (SSSR count). The SMILES string of the molecule is CC(C)OC(=O)c1ccc(C[n+]2ccccc2)cc1.Fc1c(F)c(F)c([B-](c2c(F)c(F)c(F)c(F)c2F)(c2c(F)c(F)c(F)c(F)c2F)c2c(F)c(F)c(F)c(F)c2F)c(F)c1F. The van der Waals surface area contributed by atoms with Gasteiger partial charge >= 0.3 is 5.97 Å². The summed E-state index contributed by atoms with van der Waals surface area (Å²) in [6.45, 7) is 4.48. The van der Waals surface area contributed by atoms with Crippen LogP contribution in [0.25, 0.3) is 0 Å². The molecule has 0 N–H and O–H groups in total. The van der Waals surface area contributed by atoms with Gasteiger partial charge in [0.15, 0.2) is 88.7 Å². The molecule has 0 bridgehead atoms. The molecule has 0 radical (unpaired) electrons. The third-order valence-electron chi connectivity index (χ3n) is 9.38. The molecule has 1 heterocycles. The average Bonchev–Trinajstić information content (AvgIpc) is 3.26. The number of carbonyl (C=O) groups is 1. The molecule has 0 saturated carbocycles. The van der Waals surface area contributed by atoms with E-state index in [0.29, 0.717) is 5.56 Å². The predicted molar refractivity (Wildman–Crippen MR) is 182 cm³/mol. The lowest BCUT2D eigenvalue weighted by molar-refractivity contribution is -0.688. The van der Waals surface area contributed by atoms with Crippen molar-refractivity contribution in [2.45, 2.75) is 26.5 Å². The zero-order valence-corrected chi connectivity index (χ0v) is 31.4. The molecular weight excluding hydrogens is 917 g/mol. The zero-order chi connectivity index (χ0) is 48.0. The van der Waals surface area contributed by atoms with Gasteiger partial charge in [-0.1, -0.05) is 18.2 Å². The van der Waals surface area contributed by atoms with Crippen LogP contribution in [0, 0.1) is 116 Å². The summed E-state index contributed by atoms with van der Waals surface area (Å²) < 4.78 is 301. The maximum Gasteiger partial charge on any atom is 0.338 e. The second kappa shape index (κ2) is 18.2. The lowest BCUT2D eigenvalue weighted by Gasteiger charge is -2.44. The van der Waals surface area contributed by atoms with Gasteiger partial charge in [-0.2, -0.15) is 0 Å². The molecule has 0 aliphatic heterocycles. The summed E-state index contributed by atoms with van der Waals surface area (Å²) in [6, 6.07) is 13.5. The summed E-state index contributed by atoms with van der Waals surface area (Å²) in [7, 11) is 0. The van der Waals surface area contributed by atoms with Crippen molar-refractivity contribution in [3.63, 3.8) is 0 Å². The second-order valence-corrected chi connectivity index (χ2v) is 13.5. The number of hydrogen-bond acceptors (Lipinski definition) is 2. The van der Waals surface area contributed by atoms with Crippen LogP contribution in [-0.4, -0.2) is 18.2 Å². The minimum atomic E-state index is -7.22. The Bertz CT molecular complexity index is 2440. The Morgan fingerprint density at radius 1 is 0.422 bits per heavy atom. The van der Waals surface area contributed by atoms with Gasteiger partial charge < -0.3 is 4.74 Å². The Morgan fingerprint density at radius 3 is 0.922 bits per heavy atom. The summed E-state index contributed by atoms with van der Waals surface area (Å²) in [4.78, 5) is 11.7. The molecule has 0 spiro atoms. The summed E-state index contributed by atoms with van der Waals surface area (Å²) >= 11 is 0. The first-order valence-electron chi connectivity index (χ1n) is 17.3.